The van der Waals surface area contributed by atoms with E-state index in [9.17, 15) is 4.79 Å². The summed E-state index contributed by atoms with van der Waals surface area (Å²) in [5, 5.41) is 8.75. The van der Waals surface area contributed by atoms with Crippen LogP contribution < -0.4 is 0 Å². The first-order valence-electron chi connectivity index (χ1n) is 6.69. The van der Waals surface area contributed by atoms with Gasteiger partial charge in [0.25, 0.3) is 0 Å². The monoisotopic (exact) mass is 293 g/mol. The zero-order valence-electron chi connectivity index (χ0n) is 11.7. The number of carbonyl (C=O) groups is 1. The molecule has 0 bridgehead atoms. The lowest BCUT2D eigenvalue weighted by atomic mass is 10.1. The van der Waals surface area contributed by atoms with Gasteiger partial charge in [0.1, 0.15) is 0 Å². The van der Waals surface area contributed by atoms with Gasteiger partial charge in [0, 0.05) is 10.5 Å². The highest BCUT2D eigenvalue weighted by Crippen LogP contribution is 2.23. The van der Waals surface area contributed by atoms with Crippen molar-refractivity contribution < 1.29 is 4.79 Å². The van der Waals surface area contributed by atoms with Crippen LogP contribution in [0, 0.1) is 11.3 Å². The van der Waals surface area contributed by atoms with Crippen molar-refractivity contribution in [3.05, 3.63) is 71.3 Å². The fraction of sp³-hybridized carbons (Fsp3) is 0.111. The maximum Gasteiger partial charge on any atom is 0.186 e. The fourth-order valence-electron chi connectivity index (χ4n) is 1.88. The predicted molar refractivity (Wildman–Crippen MR) is 87.4 cm³/mol. The summed E-state index contributed by atoms with van der Waals surface area (Å²) in [4.78, 5) is 13.3. The van der Waals surface area contributed by atoms with E-state index in [1.165, 1.54) is 0 Å². The van der Waals surface area contributed by atoms with E-state index in [0.29, 0.717) is 5.56 Å². The summed E-state index contributed by atoms with van der Waals surface area (Å²) >= 11 is 1.67. The first-order chi connectivity index (χ1) is 10.2. The lowest BCUT2D eigenvalue weighted by Gasteiger charge is -2.04. The van der Waals surface area contributed by atoms with Gasteiger partial charge in [-0.05, 0) is 41.7 Å². The standard InChI is InChI=1S/C18H15NOS/c1-2-21-18-6-4-3-5-16(18)17(20)12-11-14-7-9-15(13-19)10-8-14/h3-12H,2H2,1H3/b12-11+. The Morgan fingerprint density at radius 1 is 1.19 bits per heavy atom. The summed E-state index contributed by atoms with van der Waals surface area (Å²) in [6, 6.07) is 16.9. The Labute approximate surface area is 129 Å². The zero-order valence-corrected chi connectivity index (χ0v) is 12.6. The third-order valence-corrected chi connectivity index (χ3v) is 3.87. The van der Waals surface area contributed by atoms with Crippen LogP contribution in [-0.2, 0) is 0 Å². The van der Waals surface area contributed by atoms with Crippen molar-refractivity contribution in [1.82, 2.24) is 0 Å². The number of hydrogen-bond donors (Lipinski definition) is 0. The van der Waals surface area contributed by atoms with Gasteiger partial charge in [-0.3, -0.25) is 4.79 Å². The molecule has 0 saturated heterocycles. The number of nitrogens with zero attached hydrogens (tertiary/aromatic N) is 1. The van der Waals surface area contributed by atoms with Gasteiger partial charge in [-0.2, -0.15) is 5.26 Å². The van der Waals surface area contributed by atoms with Crippen molar-refractivity contribution in [2.24, 2.45) is 0 Å². The van der Waals surface area contributed by atoms with Crippen LogP contribution >= 0.6 is 11.8 Å². The van der Waals surface area contributed by atoms with E-state index < -0.39 is 0 Å². The number of benzene rings is 2. The highest BCUT2D eigenvalue weighted by molar-refractivity contribution is 7.99. The predicted octanol–water partition coefficient (Wildman–Crippen LogP) is 4.57. The molecule has 2 aromatic carbocycles. The van der Waals surface area contributed by atoms with E-state index in [-0.39, 0.29) is 5.78 Å². The van der Waals surface area contributed by atoms with Crippen molar-refractivity contribution in [3.8, 4) is 6.07 Å². The van der Waals surface area contributed by atoms with Gasteiger partial charge >= 0.3 is 0 Å². The van der Waals surface area contributed by atoms with Crippen molar-refractivity contribution >= 4 is 23.6 Å². The largest absolute Gasteiger partial charge is 0.289 e. The highest BCUT2D eigenvalue weighted by Gasteiger charge is 2.07. The number of nitriles is 1. The lowest BCUT2D eigenvalue weighted by Crippen LogP contribution is -1.96. The van der Waals surface area contributed by atoms with Crippen LogP contribution in [0.5, 0.6) is 0 Å². The topological polar surface area (TPSA) is 40.9 Å². The van der Waals surface area contributed by atoms with Crippen molar-refractivity contribution in [1.29, 1.82) is 5.26 Å². The molecule has 0 atom stereocenters. The molecule has 0 aliphatic heterocycles. The van der Waals surface area contributed by atoms with E-state index >= 15 is 0 Å². The van der Waals surface area contributed by atoms with Crippen LogP contribution in [0.15, 0.2) is 59.5 Å². The molecule has 0 aliphatic rings. The Hall–Kier alpha value is -2.31. The second-order valence-corrected chi connectivity index (χ2v) is 5.67. The zero-order chi connectivity index (χ0) is 15.1. The SMILES string of the molecule is CCSc1ccccc1C(=O)/C=C/c1ccc(C#N)cc1. The summed E-state index contributed by atoms with van der Waals surface area (Å²) in [6.45, 7) is 2.07. The number of ketones is 1. The molecule has 0 unspecified atom stereocenters. The minimum absolute atomic E-state index is 0.00379. The van der Waals surface area contributed by atoms with Gasteiger partial charge in [-0.15, -0.1) is 11.8 Å². The van der Waals surface area contributed by atoms with Gasteiger partial charge in [0.15, 0.2) is 5.78 Å². The molecule has 0 spiro atoms. The van der Waals surface area contributed by atoms with Gasteiger partial charge in [0.05, 0.1) is 11.6 Å². The van der Waals surface area contributed by atoms with Crippen molar-refractivity contribution in [2.45, 2.75) is 11.8 Å². The molecule has 2 nitrogen and oxygen atoms in total. The molecular formula is C18H15NOS. The minimum atomic E-state index is -0.00379. The molecule has 0 N–H and O–H groups in total. The first kappa shape index (κ1) is 15.1. The molecule has 0 heterocycles. The van der Waals surface area contributed by atoms with Crippen LogP contribution in [0.2, 0.25) is 0 Å². The molecule has 104 valence electrons. The maximum absolute atomic E-state index is 12.3. The number of rotatable bonds is 5. The molecule has 2 aromatic rings. The van der Waals surface area contributed by atoms with E-state index in [4.69, 9.17) is 5.26 Å². The molecule has 21 heavy (non-hydrogen) atoms. The Kier molecular flexibility index (Phi) is 5.36. The summed E-state index contributed by atoms with van der Waals surface area (Å²) in [6.07, 6.45) is 3.35. The number of thioether (sulfide) groups is 1. The lowest BCUT2D eigenvalue weighted by molar-refractivity contribution is 0.104. The minimum Gasteiger partial charge on any atom is -0.289 e. The molecule has 0 amide bonds. The Bertz CT molecular complexity index is 696. The van der Waals surface area contributed by atoms with E-state index in [1.54, 1.807) is 36.0 Å². The third-order valence-electron chi connectivity index (χ3n) is 2.92. The van der Waals surface area contributed by atoms with Gasteiger partial charge in [-0.25, -0.2) is 0 Å². The van der Waals surface area contributed by atoms with Gasteiger partial charge in [-0.1, -0.05) is 37.3 Å². The molecule has 0 saturated carbocycles. The Morgan fingerprint density at radius 2 is 1.90 bits per heavy atom. The number of allylic oxidation sites excluding steroid dienone is 1. The van der Waals surface area contributed by atoms with Gasteiger partial charge in [0.2, 0.25) is 0 Å². The second kappa shape index (κ2) is 7.47. The Morgan fingerprint density at radius 3 is 2.57 bits per heavy atom. The molecule has 3 heteroatoms. The van der Waals surface area contributed by atoms with Crippen LogP contribution in [0.25, 0.3) is 6.08 Å². The number of carbonyl (C=O) groups excluding carboxylic acids is 1. The van der Waals surface area contributed by atoms with Crippen LogP contribution in [-0.4, -0.2) is 11.5 Å². The second-order valence-electron chi connectivity index (χ2n) is 4.36. The molecule has 0 aromatic heterocycles. The smallest absolute Gasteiger partial charge is 0.186 e. The normalized spacial score (nSPS) is 10.5. The highest BCUT2D eigenvalue weighted by atomic mass is 32.2. The molecule has 2 rings (SSSR count). The molecule has 0 fully saturated rings. The van der Waals surface area contributed by atoms with Crippen molar-refractivity contribution in [2.75, 3.05) is 5.75 Å². The van der Waals surface area contributed by atoms with Crippen molar-refractivity contribution in [3.63, 3.8) is 0 Å². The quantitative estimate of drug-likeness (QED) is 0.461. The molecule has 0 radical (unpaired) electrons. The van der Waals surface area contributed by atoms with Crippen LogP contribution in [0.3, 0.4) is 0 Å². The van der Waals surface area contributed by atoms with Gasteiger partial charge < -0.3 is 0 Å². The third kappa shape index (κ3) is 4.08. The maximum atomic E-state index is 12.3. The van der Waals surface area contributed by atoms with E-state index in [2.05, 4.69) is 13.0 Å². The van der Waals surface area contributed by atoms with Crippen LogP contribution in [0.1, 0.15) is 28.4 Å². The summed E-state index contributed by atoms with van der Waals surface area (Å²) in [5.74, 6) is 0.930. The average Bonchev–Trinajstić information content (AvgIpc) is 2.54. The fourth-order valence-corrected chi connectivity index (χ4v) is 2.69. The van der Waals surface area contributed by atoms with E-state index in [1.807, 2.05) is 36.4 Å². The van der Waals surface area contributed by atoms with E-state index in [0.717, 1.165) is 21.8 Å². The molecular weight excluding hydrogens is 278 g/mol. The Balaban J connectivity index is 2.17. The summed E-state index contributed by atoms with van der Waals surface area (Å²) in [7, 11) is 0. The number of hydrogen-bond acceptors (Lipinski definition) is 3. The average molecular weight is 293 g/mol. The summed E-state index contributed by atoms with van der Waals surface area (Å²) < 4.78 is 0. The molecule has 0 aliphatic carbocycles. The summed E-state index contributed by atoms with van der Waals surface area (Å²) in [5.41, 5.74) is 2.25. The first-order valence-corrected chi connectivity index (χ1v) is 7.67. The van der Waals surface area contributed by atoms with Crippen LogP contribution in [0.4, 0.5) is 0 Å².